The monoisotopic (exact) mass is 458 g/mol. The first-order valence-electron chi connectivity index (χ1n) is 9.69. The van der Waals surface area contributed by atoms with Crippen molar-refractivity contribution in [2.24, 2.45) is 0 Å². The second-order valence-electron chi connectivity index (χ2n) is 6.96. The lowest BCUT2D eigenvalue weighted by atomic mass is 10.2. The zero-order valence-corrected chi connectivity index (χ0v) is 17.6. The largest absolute Gasteiger partial charge is 0.301 e. The summed E-state index contributed by atoms with van der Waals surface area (Å²) in [5.74, 6) is -0.501. The zero-order chi connectivity index (χ0) is 22.9. The number of hydrogen-bond donors (Lipinski definition) is 2. The Morgan fingerprint density at radius 1 is 1.06 bits per heavy atom. The van der Waals surface area contributed by atoms with Gasteiger partial charge in [-0.15, -0.1) is 11.3 Å². The van der Waals surface area contributed by atoms with Crippen molar-refractivity contribution in [1.29, 1.82) is 0 Å². The van der Waals surface area contributed by atoms with Gasteiger partial charge >= 0.3 is 5.56 Å². The molecule has 0 saturated heterocycles. The number of carbonyl (C=O) groups is 1. The highest BCUT2D eigenvalue weighted by Crippen LogP contribution is 2.29. The van der Waals surface area contributed by atoms with Crippen LogP contribution in [0.25, 0.3) is 33.0 Å². The van der Waals surface area contributed by atoms with E-state index < -0.39 is 16.4 Å². The highest BCUT2D eigenvalue weighted by molar-refractivity contribution is 7.13. The van der Waals surface area contributed by atoms with E-state index in [1.54, 1.807) is 36.4 Å². The summed E-state index contributed by atoms with van der Waals surface area (Å²) in [6.07, 6.45) is 0. The Labute approximate surface area is 189 Å². The van der Waals surface area contributed by atoms with Crippen molar-refractivity contribution >= 4 is 34.0 Å². The van der Waals surface area contributed by atoms with Crippen LogP contribution in [0.15, 0.2) is 76.9 Å². The number of aromatic amines is 1. The maximum atomic E-state index is 13.4. The number of benzene rings is 2. The van der Waals surface area contributed by atoms with Gasteiger partial charge in [-0.05, 0) is 23.6 Å². The van der Waals surface area contributed by atoms with Crippen LogP contribution >= 0.6 is 11.3 Å². The number of nitrogens with zero attached hydrogens (tertiary/aromatic N) is 4. The Bertz CT molecular complexity index is 1560. The molecule has 5 aromatic rings. The van der Waals surface area contributed by atoms with Crippen LogP contribution in [0, 0.1) is 10.1 Å². The fourth-order valence-electron chi connectivity index (χ4n) is 3.36. The molecule has 1 amide bonds. The van der Waals surface area contributed by atoms with Gasteiger partial charge in [0.25, 0.3) is 11.6 Å². The van der Waals surface area contributed by atoms with Crippen molar-refractivity contribution in [1.82, 2.24) is 19.9 Å². The Kier molecular flexibility index (Phi) is 4.99. The molecule has 0 unspecified atom stereocenters. The Hall–Kier alpha value is -4.64. The lowest BCUT2D eigenvalue weighted by Crippen LogP contribution is -2.35. The van der Waals surface area contributed by atoms with Gasteiger partial charge in [0.2, 0.25) is 0 Å². The highest BCUT2D eigenvalue weighted by atomic mass is 32.1. The van der Waals surface area contributed by atoms with Crippen LogP contribution in [-0.4, -0.2) is 30.7 Å². The summed E-state index contributed by atoms with van der Waals surface area (Å²) in [5.41, 5.74) is 3.26. The Morgan fingerprint density at radius 3 is 2.61 bits per heavy atom. The fourth-order valence-corrected chi connectivity index (χ4v) is 4.08. The van der Waals surface area contributed by atoms with Gasteiger partial charge in [0.05, 0.1) is 9.80 Å². The molecule has 0 aliphatic heterocycles. The normalized spacial score (nSPS) is 10.9. The molecule has 0 atom stereocenters. The molecule has 33 heavy (non-hydrogen) atoms. The maximum Gasteiger partial charge on any atom is 0.301 e. The van der Waals surface area contributed by atoms with Crippen molar-refractivity contribution in [2.75, 3.05) is 5.43 Å². The number of hydrogen-bond acceptors (Lipinski definition) is 7. The number of nitro groups is 1. The molecule has 5 rings (SSSR count). The van der Waals surface area contributed by atoms with E-state index in [9.17, 15) is 19.7 Å². The van der Waals surface area contributed by atoms with Crippen LogP contribution in [0.1, 0.15) is 10.4 Å². The van der Waals surface area contributed by atoms with Crippen LogP contribution < -0.4 is 11.0 Å². The van der Waals surface area contributed by atoms with Gasteiger partial charge in [0.1, 0.15) is 11.2 Å². The molecule has 0 saturated carbocycles. The number of aromatic nitrogens is 4. The summed E-state index contributed by atoms with van der Waals surface area (Å²) < 4.78 is 0.968. The van der Waals surface area contributed by atoms with Crippen LogP contribution in [0.3, 0.4) is 0 Å². The van der Waals surface area contributed by atoms with Crippen molar-refractivity contribution in [3.63, 3.8) is 0 Å². The quantitative estimate of drug-likeness (QED) is 0.304. The standard InChI is InChI=1S/C22H14N6O4S/c29-21(13-6-2-1-3-7-13)26-27-20(14-8-4-9-15(12-14)28(31)32)23-18-17(16-10-5-11-33-16)24-25-19(18)22(27)30/h1-12H,(H,24,25)(H,26,29). The van der Waals surface area contributed by atoms with Crippen LogP contribution in [0.4, 0.5) is 5.69 Å². The molecule has 10 nitrogen and oxygen atoms in total. The van der Waals surface area contributed by atoms with Gasteiger partial charge in [-0.3, -0.25) is 30.2 Å². The van der Waals surface area contributed by atoms with E-state index in [4.69, 9.17) is 0 Å². The van der Waals surface area contributed by atoms with Crippen LogP contribution in [-0.2, 0) is 0 Å². The van der Waals surface area contributed by atoms with E-state index in [0.29, 0.717) is 16.8 Å². The number of thiophene rings is 1. The molecule has 0 fully saturated rings. The third-order valence-corrected chi connectivity index (χ3v) is 5.80. The third kappa shape index (κ3) is 3.66. The molecule has 0 radical (unpaired) electrons. The first-order chi connectivity index (χ1) is 16.0. The number of non-ortho nitro benzene ring substituents is 1. The van der Waals surface area contributed by atoms with E-state index in [-0.39, 0.29) is 22.6 Å². The molecule has 0 spiro atoms. The second kappa shape index (κ2) is 8.13. The summed E-state index contributed by atoms with van der Waals surface area (Å²) in [4.78, 5) is 42.4. The van der Waals surface area contributed by atoms with Gasteiger partial charge in [0, 0.05) is 23.3 Å². The minimum Gasteiger partial charge on any atom is -0.274 e. The van der Waals surface area contributed by atoms with E-state index in [0.717, 1.165) is 9.55 Å². The average molecular weight is 458 g/mol. The third-order valence-electron chi connectivity index (χ3n) is 4.91. The van der Waals surface area contributed by atoms with E-state index in [1.165, 1.54) is 29.5 Å². The predicted octanol–water partition coefficient (Wildman–Crippen LogP) is 3.81. The lowest BCUT2D eigenvalue weighted by molar-refractivity contribution is -0.384. The molecule has 11 heteroatoms. The Morgan fingerprint density at radius 2 is 1.88 bits per heavy atom. The SMILES string of the molecule is O=C(Nn1c(-c2cccc([N+](=O)[O-])c2)nc2c(-c3cccs3)[nH]nc2c1=O)c1ccccc1. The summed E-state index contributed by atoms with van der Waals surface area (Å²) in [7, 11) is 0. The molecule has 3 aromatic heterocycles. The minimum absolute atomic E-state index is 0.0287. The van der Waals surface area contributed by atoms with Crippen molar-refractivity contribution in [3.05, 3.63) is 98.1 Å². The van der Waals surface area contributed by atoms with E-state index >= 15 is 0 Å². The smallest absolute Gasteiger partial charge is 0.274 e. The number of H-pyrrole nitrogens is 1. The van der Waals surface area contributed by atoms with Crippen molar-refractivity contribution < 1.29 is 9.72 Å². The zero-order valence-electron chi connectivity index (χ0n) is 16.8. The van der Waals surface area contributed by atoms with Gasteiger partial charge < -0.3 is 0 Å². The van der Waals surface area contributed by atoms with Gasteiger partial charge in [0.15, 0.2) is 11.3 Å². The highest BCUT2D eigenvalue weighted by Gasteiger charge is 2.22. The summed E-state index contributed by atoms with van der Waals surface area (Å²) in [6.45, 7) is 0. The molecule has 2 aromatic carbocycles. The number of fused-ring (bicyclic) bond motifs is 1. The van der Waals surface area contributed by atoms with Crippen molar-refractivity contribution in [2.45, 2.75) is 0 Å². The van der Waals surface area contributed by atoms with Crippen molar-refractivity contribution in [3.8, 4) is 22.0 Å². The lowest BCUT2D eigenvalue weighted by Gasteiger charge is -2.13. The summed E-state index contributed by atoms with van der Waals surface area (Å²) in [6, 6.07) is 17.8. The topological polar surface area (TPSA) is 136 Å². The molecule has 3 heterocycles. The number of amides is 1. The molecule has 0 bridgehead atoms. The van der Waals surface area contributed by atoms with E-state index in [1.807, 2.05) is 17.5 Å². The summed E-state index contributed by atoms with van der Waals surface area (Å²) >= 11 is 1.44. The molecule has 162 valence electrons. The first kappa shape index (κ1) is 20.3. The fraction of sp³-hybridized carbons (Fsp3) is 0. The molecular formula is C22H14N6O4S. The second-order valence-corrected chi connectivity index (χ2v) is 7.91. The molecule has 0 aliphatic carbocycles. The number of rotatable bonds is 5. The van der Waals surface area contributed by atoms with Gasteiger partial charge in [-0.1, -0.05) is 36.4 Å². The number of carbonyl (C=O) groups excluding carboxylic acids is 1. The minimum atomic E-state index is -0.621. The first-order valence-corrected chi connectivity index (χ1v) is 10.6. The van der Waals surface area contributed by atoms with Gasteiger partial charge in [-0.2, -0.15) is 9.77 Å². The molecule has 0 aliphatic rings. The summed E-state index contributed by atoms with van der Waals surface area (Å²) in [5, 5.41) is 20.2. The van der Waals surface area contributed by atoms with Crippen LogP contribution in [0.5, 0.6) is 0 Å². The van der Waals surface area contributed by atoms with Crippen LogP contribution in [0.2, 0.25) is 0 Å². The average Bonchev–Trinajstić information content (AvgIpc) is 3.51. The number of nitro benzene ring substituents is 1. The molecule has 2 N–H and O–H groups in total. The predicted molar refractivity (Wildman–Crippen MR) is 124 cm³/mol. The number of nitrogens with one attached hydrogen (secondary N) is 2. The van der Waals surface area contributed by atoms with Gasteiger partial charge in [-0.25, -0.2) is 4.98 Å². The van der Waals surface area contributed by atoms with E-state index in [2.05, 4.69) is 20.6 Å². The maximum absolute atomic E-state index is 13.4. The Balaban J connectivity index is 1.74. The molecular weight excluding hydrogens is 444 g/mol.